The Kier molecular flexibility index (Phi) is 11.6. The number of aryl methyl sites for hydroxylation is 2. The number of hydrogen-bond acceptors (Lipinski definition) is 6. The maximum Gasteiger partial charge on any atom is 0.262 e. The van der Waals surface area contributed by atoms with Crippen molar-refractivity contribution in [1.82, 2.24) is 10.7 Å². The maximum atomic E-state index is 12.9. The van der Waals surface area contributed by atoms with Crippen molar-refractivity contribution in [3.63, 3.8) is 0 Å². The van der Waals surface area contributed by atoms with E-state index in [1.165, 1.54) is 11.8 Å². The number of carbonyl (C=O) groups excluding carboxylic acids is 2. The Morgan fingerprint density at radius 3 is 2.35 bits per heavy atom. The maximum absolute atomic E-state index is 12.9. The van der Waals surface area contributed by atoms with Crippen molar-refractivity contribution < 1.29 is 23.8 Å². The number of benzene rings is 3. The predicted octanol–water partition coefficient (Wildman–Crippen LogP) is 5.34. The molecule has 0 fully saturated rings. The summed E-state index contributed by atoms with van der Waals surface area (Å²) >= 11 is 0. The van der Waals surface area contributed by atoms with E-state index in [0.717, 1.165) is 16.7 Å². The normalized spacial score (nSPS) is 11.8. The standard InChI is InChI=1S/C32H39N3O5/c1-6-38-30-18-26(15-16-29(30)39-20-25-13-11-23(4)12-14-25)19-33-35-32(37)27(17-22(2)3)34-31(36)21-40-28-10-8-7-9-24(28)5/h7-16,18-19,22,27H,6,17,20-21H2,1-5H3,(H,34,36)(H,35,37)/b33-19-/t27-/m0/s1. The van der Waals surface area contributed by atoms with E-state index in [4.69, 9.17) is 14.2 Å². The molecule has 3 rings (SSSR count). The molecule has 1 atom stereocenters. The van der Waals surface area contributed by atoms with Gasteiger partial charge in [0.05, 0.1) is 12.8 Å². The van der Waals surface area contributed by atoms with Gasteiger partial charge in [0.2, 0.25) is 0 Å². The summed E-state index contributed by atoms with van der Waals surface area (Å²) < 4.78 is 17.4. The lowest BCUT2D eigenvalue weighted by Gasteiger charge is -2.19. The molecule has 0 radical (unpaired) electrons. The molecule has 0 saturated heterocycles. The fourth-order valence-electron chi connectivity index (χ4n) is 3.89. The van der Waals surface area contributed by atoms with E-state index in [1.807, 2.05) is 89.2 Å². The molecule has 8 heteroatoms. The molecule has 212 valence electrons. The topological polar surface area (TPSA) is 98.2 Å². The molecule has 2 amide bonds. The first-order valence-corrected chi connectivity index (χ1v) is 13.5. The first-order chi connectivity index (χ1) is 19.2. The van der Waals surface area contributed by atoms with Crippen LogP contribution >= 0.6 is 0 Å². The van der Waals surface area contributed by atoms with Gasteiger partial charge >= 0.3 is 0 Å². The van der Waals surface area contributed by atoms with Crippen molar-refractivity contribution in [3.05, 3.63) is 89.0 Å². The minimum atomic E-state index is -0.748. The van der Waals surface area contributed by atoms with E-state index in [1.54, 1.807) is 12.1 Å². The van der Waals surface area contributed by atoms with Gasteiger partial charge in [-0.05, 0) is 74.1 Å². The van der Waals surface area contributed by atoms with Gasteiger partial charge in [0.1, 0.15) is 18.4 Å². The van der Waals surface area contributed by atoms with Crippen LogP contribution in [0.4, 0.5) is 0 Å². The summed E-state index contributed by atoms with van der Waals surface area (Å²) in [6, 6.07) is 20.3. The zero-order chi connectivity index (χ0) is 28.9. The van der Waals surface area contributed by atoms with Crippen LogP contribution in [0.2, 0.25) is 0 Å². The lowest BCUT2D eigenvalue weighted by atomic mass is 10.0. The van der Waals surface area contributed by atoms with Crippen LogP contribution in [0.5, 0.6) is 17.2 Å². The second-order valence-corrected chi connectivity index (χ2v) is 9.95. The minimum Gasteiger partial charge on any atom is -0.490 e. The predicted molar refractivity (Wildman–Crippen MR) is 157 cm³/mol. The molecule has 0 unspecified atom stereocenters. The van der Waals surface area contributed by atoms with Gasteiger partial charge in [-0.15, -0.1) is 0 Å². The highest BCUT2D eigenvalue weighted by Gasteiger charge is 2.22. The SMILES string of the molecule is CCOc1cc(/C=N\NC(=O)[C@H](CC(C)C)NC(=O)COc2ccccc2C)ccc1OCc1ccc(C)cc1. The summed E-state index contributed by atoms with van der Waals surface area (Å²) in [5.74, 6) is 1.23. The van der Waals surface area contributed by atoms with Crippen molar-refractivity contribution in [2.75, 3.05) is 13.2 Å². The molecular weight excluding hydrogens is 506 g/mol. The number of nitrogens with zero attached hydrogens (tertiary/aromatic N) is 1. The highest BCUT2D eigenvalue weighted by atomic mass is 16.5. The fourth-order valence-corrected chi connectivity index (χ4v) is 3.89. The van der Waals surface area contributed by atoms with Crippen LogP contribution in [0, 0.1) is 19.8 Å². The number of nitrogens with one attached hydrogen (secondary N) is 2. The fraction of sp³-hybridized carbons (Fsp3) is 0.344. The Morgan fingerprint density at radius 2 is 1.65 bits per heavy atom. The van der Waals surface area contributed by atoms with Crippen molar-refractivity contribution >= 4 is 18.0 Å². The molecule has 8 nitrogen and oxygen atoms in total. The largest absolute Gasteiger partial charge is 0.490 e. The van der Waals surface area contributed by atoms with Crippen molar-refractivity contribution in [2.45, 2.75) is 53.7 Å². The van der Waals surface area contributed by atoms with Crippen LogP contribution in [0.3, 0.4) is 0 Å². The van der Waals surface area contributed by atoms with E-state index in [0.29, 0.717) is 36.9 Å². The summed E-state index contributed by atoms with van der Waals surface area (Å²) in [6.45, 7) is 10.5. The van der Waals surface area contributed by atoms with E-state index in [2.05, 4.69) is 15.8 Å². The molecule has 0 saturated carbocycles. The number of carbonyl (C=O) groups is 2. The first-order valence-electron chi connectivity index (χ1n) is 13.5. The molecule has 2 N–H and O–H groups in total. The van der Waals surface area contributed by atoms with E-state index in [-0.39, 0.29) is 18.4 Å². The average Bonchev–Trinajstić information content (AvgIpc) is 2.92. The van der Waals surface area contributed by atoms with Crippen LogP contribution < -0.4 is 25.0 Å². The van der Waals surface area contributed by atoms with Gasteiger partial charge in [0.15, 0.2) is 18.1 Å². The molecule has 3 aromatic carbocycles. The Morgan fingerprint density at radius 1 is 0.900 bits per heavy atom. The Balaban J connectivity index is 1.58. The van der Waals surface area contributed by atoms with Gasteiger partial charge in [-0.3, -0.25) is 9.59 Å². The van der Waals surface area contributed by atoms with Crippen molar-refractivity contribution in [2.24, 2.45) is 11.0 Å². The molecule has 0 aromatic heterocycles. The van der Waals surface area contributed by atoms with Gasteiger partial charge in [0.25, 0.3) is 11.8 Å². The third-order valence-electron chi connectivity index (χ3n) is 5.98. The van der Waals surface area contributed by atoms with E-state index < -0.39 is 11.9 Å². The van der Waals surface area contributed by atoms with Gasteiger partial charge in [-0.25, -0.2) is 5.43 Å². The first kappa shape index (κ1) is 30.2. The van der Waals surface area contributed by atoms with Gasteiger partial charge in [-0.1, -0.05) is 61.9 Å². The number of para-hydroxylation sites is 1. The highest BCUT2D eigenvalue weighted by molar-refractivity contribution is 5.89. The molecule has 0 aliphatic rings. The molecule has 0 aliphatic carbocycles. The molecule has 3 aromatic rings. The lowest BCUT2D eigenvalue weighted by Crippen LogP contribution is -2.47. The number of amides is 2. The van der Waals surface area contributed by atoms with Gasteiger partial charge in [-0.2, -0.15) is 5.10 Å². The Hall–Kier alpha value is -4.33. The smallest absolute Gasteiger partial charge is 0.262 e. The summed E-state index contributed by atoms with van der Waals surface area (Å²) in [6.07, 6.45) is 1.98. The lowest BCUT2D eigenvalue weighted by molar-refractivity contribution is -0.130. The van der Waals surface area contributed by atoms with Crippen LogP contribution in [-0.2, 0) is 16.2 Å². The van der Waals surface area contributed by atoms with Crippen molar-refractivity contribution in [3.8, 4) is 17.2 Å². The summed E-state index contributed by atoms with van der Waals surface area (Å²) in [5.41, 5.74) is 6.45. The van der Waals surface area contributed by atoms with Gasteiger partial charge < -0.3 is 19.5 Å². The van der Waals surface area contributed by atoms with E-state index >= 15 is 0 Å². The molecule has 0 bridgehead atoms. The molecular formula is C32H39N3O5. The van der Waals surface area contributed by atoms with E-state index in [9.17, 15) is 9.59 Å². The third-order valence-corrected chi connectivity index (χ3v) is 5.98. The number of hydrazone groups is 1. The summed E-state index contributed by atoms with van der Waals surface area (Å²) in [7, 11) is 0. The minimum absolute atomic E-state index is 0.179. The zero-order valence-electron chi connectivity index (χ0n) is 23.9. The Labute approximate surface area is 236 Å². The van der Waals surface area contributed by atoms with Crippen LogP contribution in [0.15, 0.2) is 71.8 Å². The van der Waals surface area contributed by atoms with Crippen LogP contribution in [0.1, 0.15) is 49.4 Å². The summed E-state index contributed by atoms with van der Waals surface area (Å²) in [5, 5.41) is 6.88. The molecule has 0 spiro atoms. The van der Waals surface area contributed by atoms with Gasteiger partial charge in [0, 0.05) is 0 Å². The number of hydrogen-bond donors (Lipinski definition) is 2. The van der Waals surface area contributed by atoms with Crippen LogP contribution in [0.25, 0.3) is 0 Å². The highest BCUT2D eigenvalue weighted by Crippen LogP contribution is 2.29. The van der Waals surface area contributed by atoms with Crippen LogP contribution in [-0.4, -0.2) is 37.3 Å². The second kappa shape index (κ2) is 15.3. The Bertz CT molecular complexity index is 1290. The third kappa shape index (κ3) is 9.76. The zero-order valence-corrected chi connectivity index (χ0v) is 23.9. The number of rotatable bonds is 14. The van der Waals surface area contributed by atoms with Crippen molar-refractivity contribution in [1.29, 1.82) is 0 Å². The quantitative estimate of drug-likeness (QED) is 0.210. The average molecular weight is 546 g/mol. The molecule has 0 aliphatic heterocycles. The second-order valence-electron chi connectivity index (χ2n) is 9.95. The monoisotopic (exact) mass is 545 g/mol. The molecule has 0 heterocycles. The number of ether oxygens (including phenoxy) is 3. The molecule has 40 heavy (non-hydrogen) atoms. The summed E-state index contributed by atoms with van der Waals surface area (Å²) in [4.78, 5) is 25.4.